The van der Waals surface area contributed by atoms with Crippen molar-refractivity contribution >= 4 is 5.57 Å². The summed E-state index contributed by atoms with van der Waals surface area (Å²) in [6, 6.07) is 0. The van der Waals surface area contributed by atoms with E-state index in [1.807, 2.05) is 0 Å². The molecule has 1 saturated heterocycles. The molecule has 1 N–H and O–H groups in total. The number of rotatable bonds is 4. The molecule has 98 valence electrons. The molecule has 6 nitrogen and oxygen atoms in total. The summed E-state index contributed by atoms with van der Waals surface area (Å²) in [6.07, 6.45) is 6.06. The molecule has 0 saturated carbocycles. The number of H-pyrrole nitrogens is 1. The molecule has 3 rings (SSSR count). The van der Waals surface area contributed by atoms with E-state index in [0.717, 1.165) is 31.9 Å². The summed E-state index contributed by atoms with van der Waals surface area (Å²) >= 11 is 0. The van der Waals surface area contributed by atoms with E-state index in [2.05, 4.69) is 36.5 Å². The predicted molar refractivity (Wildman–Crippen MR) is 68.9 cm³/mol. The fraction of sp³-hybridized carbons (Fsp3) is 0.750. The third-order valence-corrected chi connectivity index (χ3v) is 3.79. The predicted octanol–water partition coefficient (Wildman–Crippen LogP) is 0.385. The van der Waals surface area contributed by atoms with Gasteiger partial charge in [0.05, 0.1) is 0 Å². The van der Waals surface area contributed by atoms with Crippen molar-refractivity contribution in [3.63, 3.8) is 0 Å². The van der Waals surface area contributed by atoms with Crippen LogP contribution >= 0.6 is 0 Å². The fourth-order valence-electron chi connectivity index (χ4n) is 2.75. The number of nitrogens with zero attached hydrogens (tertiary/aromatic N) is 5. The van der Waals surface area contributed by atoms with E-state index in [1.54, 1.807) is 0 Å². The van der Waals surface area contributed by atoms with Gasteiger partial charge in [-0.1, -0.05) is 6.08 Å². The van der Waals surface area contributed by atoms with Crippen LogP contribution in [0.2, 0.25) is 0 Å². The lowest BCUT2D eigenvalue weighted by molar-refractivity contribution is 0.241. The van der Waals surface area contributed by atoms with Crippen molar-refractivity contribution in [2.75, 3.05) is 39.3 Å². The summed E-state index contributed by atoms with van der Waals surface area (Å²) in [5.74, 6) is 0.751. The lowest BCUT2D eigenvalue weighted by atomic mass is 10.1. The first kappa shape index (κ1) is 11.8. The Morgan fingerprint density at radius 1 is 1.11 bits per heavy atom. The molecule has 0 spiro atoms. The number of tetrazole rings is 1. The Labute approximate surface area is 107 Å². The van der Waals surface area contributed by atoms with E-state index in [0.29, 0.717) is 0 Å². The number of hydrogen-bond donors (Lipinski definition) is 1. The zero-order chi connectivity index (χ0) is 12.2. The number of nitrogens with one attached hydrogen (secondary N) is 1. The van der Waals surface area contributed by atoms with Gasteiger partial charge in [-0.25, -0.2) is 0 Å². The Morgan fingerprint density at radius 3 is 2.72 bits per heavy atom. The molecular formula is C12H20N6. The minimum absolute atomic E-state index is 0.751. The SMILES string of the molecule is C1=C(c2nn[nH]n2)CN(CCN2CCCC2)CC1. The van der Waals surface area contributed by atoms with E-state index in [1.165, 1.54) is 38.0 Å². The summed E-state index contributed by atoms with van der Waals surface area (Å²) < 4.78 is 0. The third kappa shape index (κ3) is 2.76. The summed E-state index contributed by atoms with van der Waals surface area (Å²) in [5.41, 5.74) is 1.21. The maximum atomic E-state index is 4.06. The van der Waals surface area contributed by atoms with Crippen molar-refractivity contribution in [2.24, 2.45) is 0 Å². The van der Waals surface area contributed by atoms with E-state index in [9.17, 15) is 0 Å². The zero-order valence-corrected chi connectivity index (χ0v) is 10.7. The molecule has 1 aromatic rings. The zero-order valence-electron chi connectivity index (χ0n) is 10.7. The Hall–Kier alpha value is -1.27. The van der Waals surface area contributed by atoms with Crippen LogP contribution < -0.4 is 0 Å². The Balaban J connectivity index is 1.51. The second-order valence-electron chi connectivity index (χ2n) is 5.08. The minimum Gasteiger partial charge on any atom is -0.302 e. The van der Waals surface area contributed by atoms with Gasteiger partial charge in [0, 0.05) is 31.8 Å². The first-order chi connectivity index (χ1) is 8.92. The molecule has 18 heavy (non-hydrogen) atoms. The van der Waals surface area contributed by atoms with Crippen molar-refractivity contribution in [2.45, 2.75) is 19.3 Å². The molecule has 0 bridgehead atoms. The van der Waals surface area contributed by atoms with Crippen molar-refractivity contribution in [1.29, 1.82) is 0 Å². The van der Waals surface area contributed by atoms with Crippen LogP contribution in [-0.4, -0.2) is 69.7 Å². The van der Waals surface area contributed by atoms with Crippen molar-refractivity contribution in [1.82, 2.24) is 30.4 Å². The Morgan fingerprint density at radius 2 is 1.94 bits per heavy atom. The molecular weight excluding hydrogens is 228 g/mol. The Kier molecular flexibility index (Phi) is 3.66. The lowest BCUT2D eigenvalue weighted by Gasteiger charge is -2.28. The maximum absolute atomic E-state index is 4.06. The van der Waals surface area contributed by atoms with Crippen molar-refractivity contribution < 1.29 is 0 Å². The highest BCUT2D eigenvalue weighted by Crippen LogP contribution is 2.16. The van der Waals surface area contributed by atoms with Crippen LogP contribution in [0.3, 0.4) is 0 Å². The smallest absolute Gasteiger partial charge is 0.201 e. The average Bonchev–Trinajstić information content (AvgIpc) is 3.10. The lowest BCUT2D eigenvalue weighted by Crippen LogP contribution is -2.36. The number of aromatic nitrogens is 4. The molecule has 1 fully saturated rings. The van der Waals surface area contributed by atoms with Crippen LogP contribution in [0.15, 0.2) is 6.08 Å². The van der Waals surface area contributed by atoms with E-state index >= 15 is 0 Å². The van der Waals surface area contributed by atoms with Gasteiger partial charge in [0.25, 0.3) is 0 Å². The van der Waals surface area contributed by atoms with Gasteiger partial charge >= 0.3 is 0 Å². The van der Waals surface area contributed by atoms with Gasteiger partial charge < -0.3 is 4.90 Å². The van der Waals surface area contributed by atoms with Gasteiger partial charge in [-0.05, 0) is 37.6 Å². The van der Waals surface area contributed by atoms with Gasteiger partial charge in [-0.2, -0.15) is 5.21 Å². The highest BCUT2D eigenvalue weighted by Gasteiger charge is 2.18. The first-order valence-electron chi connectivity index (χ1n) is 6.79. The summed E-state index contributed by atoms with van der Waals surface area (Å²) in [5, 5.41) is 14.3. The molecule has 0 unspecified atom stereocenters. The van der Waals surface area contributed by atoms with E-state index in [-0.39, 0.29) is 0 Å². The van der Waals surface area contributed by atoms with Crippen LogP contribution in [0.1, 0.15) is 25.1 Å². The molecule has 3 heterocycles. The topological polar surface area (TPSA) is 60.9 Å². The quantitative estimate of drug-likeness (QED) is 0.835. The number of aromatic amines is 1. The van der Waals surface area contributed by atoms with Gasteiger partial charge in [-0.15, -0.1) is 10.2 Å². The van der Waals surface area contributed by atoms with Crippen molar-refractivity contribution in [3.05, 3.63) is 11.9 Å². The fourth-order valence-corrected chi connectivity index (χ4v) is 2.75. The molecule has 2 aliphatic rings. The summed E-state index contributed by atoms with van der Waals surface area (Å²) in [7, 11) is 0. The van der Waals surface area contributed by atoms with Crippen LogP contribution in [0.5, 0.6) is 0 Å². The van der Waals surface area contributed by atoms with E-state index in [4.69, 9.17) is 0 Å². The summed E-state index contributed by atoms with van der Waals surface area (Å²) in [4.78, 5) is 5.05. The second-order valence-corrected chi connectivity index (χ2v) is 5.08. The van der Waals surface area contributed by atoms with Gasteiger partial charge in [0.2, 0.25) is 5.82 Å². The van der Waals surface area contributed by atoms with Crippen LogP contribution in [-0.2, 0) is 0 Å². The van der Waals surface area contributed by atoms with Gasteiger partial charge in [0.1, 0.15) is 0 Å². The molecule has 0 radical (unpaired) electrons. The maximum Gasteiger partial charge on any atom is 0.201 e. The van der Waals surface area contributed by atoms with Crippen LogP contribution in [0, 0.1) is 0 Å². The first-order valence-corrected chi connectivity index (χ1v) is 6.79. The largest absolute Gasteiger partial charge is 0.302 e. The average molecular weight is 248 g/mol. The van der Waals surface area contributed by atoms with E-state index < -0.39 is 0 Å². The minimum atomic E-state index is 0.751. The third-order valence-electron chi connectivity index (χ3n) is 3.79. The standard InChI is InChI=1S/C12H20N6/c1-2-6-17(5-1)8-9-18-7-3-4-11(10-18)12-13-15-16-14-12/h4H,1-3,5-10H2,(H,13,14,15,16). The monoisotopic (exact) mass is 248 g/mol. The highest BCUT2D eigenvalue weighted by molar-refractivity contribution is 5.61. The van der Waals surface area contributed by atoms with Gasteiger partial charge in [-0.3, -0.25) is 4.90 Å². The highest BCUT2D eigenvalue weighted by atomic mass is 15.5. The molecule has 0 atom stereocenters. The van der Waals surface area contributed by atoms with Crippen LogP contribution in [0.4, 0.5) is 0 Å². The number of likely N-dealkylation sites (tertiary alicyclic amines) is 1. The molecule has 6 heteroatoms. The molecule has 0 aliphatic carbocycles. The molecule has 0 amide bonds. The summed E-state index contributed by atoms with van der Waals surface area (Å²) in [6.45, 7) is 7.00. The Bertz CT molecular complexity index is 393. The van der Waals surface area contributed by atoms with Crippen molar-refractivity contribution in [3.8, 4) is 0 Å². The molecule has 1 aromatic heterocycles. The van der Waals surface area contributed by atoms with Gasteiger partial charge in [0.15, 0.2) is 0 Å². The normalized spacial score (nSPS) is 22.3. The number of hydrogen-bond acceptors (Lipinski definition) is 5. The van der Waals surface area contributed by atoms with Crippen LogP contribution in [0.25, 0.3) is 5.57 Å². The second kappa shape index (κ2) is 5.58. The molecule has 0 aromatic carbocycles. The molecule has 2 aliphatic heterocycles.